The molecule has 0 aliphatic carbocycles. The average molecular weight is 250 g/mol. The lowest BCUT2D eigenvalue weighted by Crippen LogP contribution is -2.30. The van der Waals surface area contributed by atoms with Crippen LogP contribution in [-0.4, -0.2) is 35.3 Å². The van der Waals surface area contributed by atoms with Gasteiger partial charge in [-0.2, -0.15) is 0 Å². The Labute approximate surface area is 108 Å². The highest BCUT2D eigenvalue weighted by atomic mass is 16.5. The van der Waals surface area contributed by atoms with E-state index in [4.69, 9.17) is 4.74 Å². The molecule has 1 saturated heterocycles. The molecule has 100 valence electrons. The van der Waals surface area contributed by atoms with E-state index in [1.807, 2.05) is 6.92 Å². The van der Waals surface area contributed by atoms with E-state index in [1.165, 1.54) is 0 Å². The highest BCUT2D eigenvalue weighted by Crippen LogP contribution is 2.22. The first-order chi connectivity index (χ1) is 8.72. The van der Waals surface area contributed by atoms with Crippen LogP contribution in [0.25, 0.3) is 0 Å². The molecule has 0 spiro atoms. The second-order valence-electron chi connectivity index (χ2n) is 4.71. The maximum atomic E-state index is 5.68. The smallest absolute Gasteiger partial charge is 0.134 e. The van der Waals surface area contributed by atoms with Gasteiger partial charge in [-0.05, 0) is 33.6 Å². The summed E-state index contributed by atoms with van der Waals surface area (Å²) in [6.45, 7) is 7.97. The predicted octanol–water partition coefficient (Wildman–Crippen LogP) is 2.20. The standard InChI is InChI=1S/C13H22N4O/c1-4-14-12-9(2)13(16-8-15-12)17-10(3)11-6-5-7-18-11/h8,10-11H,4-7H2,1-3H3,(H2,14,15,16,17). The molecule has 1 aliphatic rings. The van der Waals surface area contributed by atoms with Crippen LogP contribution in [0.1, 0.15) is 32.3 Å². The van der Waals surface area contributed by atoms with Gasteiger partial charge in [-0.15, -0.1) is 0 Å². The quantitative estimate of drug-likeness (QED) is 0.839. The summed E-state index contributed by atoms with van der Waals surface area (Å²) in [5, 5.41) is 6.67. The normalized spacial score (nSPS) is 20.7. The van der Waals surface area contributed by atoms with E-state index in [0.29, 0.717) is 6.10 Å². The fraction of sp³-hybridized carbons (Fsp3) is 0.692. The zero-order valence-electron chi connectivity index (χ0n) is 11.4. The van der Waals surface area contributed by atoms with Crippen LogP contribution in [0.5, 0.6) is 0 Å². The summed E-state index contributed by atoms with van der Waals surface area (Å²) in [6, 6.07) is 0.274. The largest absolute Gasteiger partial charge is 0.376 e. The summed E-state index contributed by atoms with van der Waals surface area (Å²) in [5.74, 6) is 1.79. The van der Waals surface area contributed by atoms with Gasteiger partial charge in [0.15, 0.2) is 0 Å². The lowest BCUT2D eigenvalue weighted by Gasteiger charge is -2.22. The minimum atomic E-state index is 0.274. The van der Waals surface area contributed by atoms with Crippen LogP contribution >= 0.6 is 0 Å². The minimum Gasteiger partial charge on any atom is -0.376 e. The van der Waals surface area contributed by atoms with E-state index < -0.39 is 0 Å². The van der Waals surface area contributed by atoms with Crippen molar-refractivity contribution in [1.82, 2.24) is 9.97 Å². The fourth-order valence-corrected chi connectivity index (χ4v) is 2.25. The van der Waals surface area contributed by atoms with Crippen LogP contribution in [0.15, 0.2) is 6.33 Å². The number of ether oxygens (including phenoxy) is 1. The third-order valence-electron chi connectivity index (χ3n) is 3.32. The molecule has 1 aromatic heterocycles. The third kappa shape index (κ3) is 2.90. The number of nitrogens with one attached hydrogen (secondary N) is 2. The van der Waals surface area contributed by atoms with Crippen molar-refractivity contribution < 1.29 is 4.74 Å². The molecule has 2 N–H and O–H groups in total. The lowest BCUT2D eigenvalue weighted by molar-refractivity contribution is 0.0995. The third-order valence-corrected chi connectivity index (χ3v) is 3.32. The molecular formula is C13H22N4O. The van der Waals surface area contributed by atoms with Gasteiger partial charge in [-0.1, -0.05) is 0 Å². The van der Waals surface area contributed by atoms with Gasteiger partial charge in [0.05, 0.1) is 12.1 Å². The van der Waals surface area contributed by atoms with Crippen LogP contribution in [0, 0.1) is 6.92 Å². The average Bonchev–Trinajstić information content (AvgIpc) is 2.88. The fourth-order valence-electron chi connectivity index (χ4n) is 2.25. The molecular weight excluding hydrogens is 228 g/mol. The zero-order valence-corrected chi connectivity index (χ0v) is 11.4. The molecule has 1 aromatic rings. The Morgan fingerprint density at radius 3 is 2.89 bits per heavy atom. The predicted molar refractivity (Wildman–Crippen MR) is 73.0 cm³/mol. The van der Waals surface area contributed by atoms with Crippen molar-refractivity contribution in [2.45, 2.75) is 45.8 Å². The molecule has 0 aromatic carbocycles. The van der Waals surface area contributed by atoms with Crippen LogP contribution < -0.4 is 10.6 Å². The molecule has 0 radical (unpaired) electrons. The summed E-state index contributed by atoms with van der Waals surface area (Å²) in [7, 11) is 0. The van der Waals surface area contributed by atoms with Gasteiger partial charge in [0.2, 0.25) is 0 Å². The van der Waals surface area contributed by atoms with E-state index in [-0.39, 0.29) is 6.04 Å². The molecule has 2 atom stereocenters. The first kappa shape index (κ1) is 13.1. The van der Waals surface area contributed by atoms with Crippen molar-refractivity contribution in [3.05, 3.63) is 11.9 Å². The van der Waals surface area contributed by atoms with Gasteiger partial charge < -0.3 is 15.4 Å². The number of aromatic nitrogens is 2. The molecule has 1 fully saturated rings. The van der Waals surface area contributed by atoms with Gasteiger partial charge in [-0.25, -0.2) is 9.97 Å². The van der Waals surface area contributed by atoms with E-state index in [0.717, 1.165) is 43.2 Å². The summed E-state index contributed by atoms with van der Waals surface area (Å²) >= 11 is 0. The molecule has 0 saturated carbocycles. The lowest BCUT2D eigenvalue weighted by atomic mass is 10.1. The van der Waals surface area contributed by atoms with E-state index in [9.17, 15) is 0 Å². The molecule has 2 unspecified atom stereocenters. The number of rotatable bonds is 5. The maximum Gasteiger partial charge on any atom is 0.134 e. The Morgan fingerprint density at radius 2 is 2.22 bits per heavy atom. The Kier molecular flexibility index (Phi) is 4.36. The van der Waals surface area contributed by atoms with E-state index >= 15 is 0 Å². The molecule has 2 rings (SSSR count). The van der Waals surface area contributed by atoms with Crippen LogP contribution in [0.2, 0.25) is 0 Å². The Balaban J connectivity index is 2.06. The number of anilines is 2. The molecule has 5 nitrogen and oxygen atoms in total. The number of nitrogens with zero attached hydrogens (tertiary/aromatic N) is 2. The SMILES string of the molecule is CCNc1ncnc(NC(C)C2CCCO2)c1C. The van der Waals surface area contributed by atoms with Gasteiger partial charge >= 0.3 is 0 Å². The minimum absolute atomic E-state index is 0.274. The first-order valence-electron chi connectivity index (χ1n) is 6.66. The second kappa shape index (κ2) is 6.00. The van der Waals surface area contributed by atoms with E-state index in [2.05, 4.69) is 34.4 Å². The summed E-state index contributed by atoms with van der Waals surface area (Å²) in [4.78, 5) is 8.55. The van der Waals surface area contributed by atoms with Crippen molar-refractivity contribution in [2.24, 2.45) is 0 Å². The molecule has 1 aliphatic heterocycles. The summed E-state index contributed by atoms with van der Waals surface area (Å²) in [6.07, 6.45) is 4.16. The van der Waals surface area contributed by atoms with Crippen LogP contribution in [0.4, 0.5) is 11.6 Å². The second-order valence-corrected chi connectivity index (χ2v) is 4.71. The Morgan fingerprint density at radius 1 is 1.44 bits per heavy atom. The molecule has 5 heteroatoms. The van der Waals surface area contributed by atoms with Gasteiger partial charge in [0, 0.05) is 18.7 Å². The van der Waals surface area contributed by atoms with Crippen molar-refractivity contribution in [3.8, 4) is 0 Å². The monoisotopic (exact) mass is 250 g/mol. The first-order valence-corrected chi connectivity index (χ1v) is 6.66. The van der Waals surface area contributed by atoms with Crippen molar-refractivity contribution in [1.29, 1.82) is 0 Å². The molecule has 2 heterocycles. The Hall–Kier alpha value is -1.36. The summed E-state index contributed by atoms with van der Waals surface area (Å²) in [5.41, 5.74) is 1.06. The van der Waals surface area contributed by atoms with Crippen molar-refractivity contribution in [2.75, 3.05) is 23.8 Å². The topological polar surface area (TPSA) is 59.1 Å². The summed E-state index contributed by atoms with van der Waals surface area (Å²) < 4.78 is 5.68. The van der Waals surface area contributed by atoms with E-state index in [1.54, 1.807) is 6.33 Å². The van der Waals surface area contributed by atoms with Crippen molar-refractivity contribution >= 4 is 11.6 Å². The number of hydrogen-bond acceptors (Lipinski definition) is 5. The zero-order chi connectivity index (χ0) is 13.0. The van der Waals surface area contributed by atoms with Crippen LogP contribution in [0.3, 0.4) is 0 Å². The molecule has 0 amide bonds. The van der Waals surface area contributed by atoms with Gasteiger partial charge in [0.25, 0.3) is 0 Å². The highest BCUT2D eigenvalue weighted by molar-refractivity contribution is 5.56. The Bertz CT molecular complexity index is 391. The van der Waals surface area contributed by atoms with Gasteiger partial charge in [-0.3, -0.25) is 0 Å². The molecule has 18 heavy (non-hydrogen) atoms. The number of hydrogen-bond donors (Lipinski definition) is 2. The molecule has 0 bridgehead atoms. The highest BCUT2D eigenvalue weighted by Gasteiger charge is 2.23. The van der Waals surface area contributed by atoms with Gasteiger partial charge in [0.1, 0.15) is 18.0 Å². The van der Waals surface area contributed by atoms with Crippen LogP contribution in [-0.2, 0) is 4.74 Å². The van der Waals surface area contributed by atoms with Crippen molar-refractivity contribution in [3.63, 3.8) is 0 Å². The maximum absolute atomic E-state index is 5.68.